The van der Waals surface area contributed by atoms with Crippen LogP contribution in [0, 0.1) is 0 Å². The van der Waals surface area contributed by atoms with Crippen LogP contribution in [-0.2, 0) is 4.79 Å². The summed E-state index contributed by atoms with van der Waals surface area (Å²) in [5.41, 5.74) is 1.09. The van der Waals surface area contributed by atoms with Crippen LogP contribution in [0.1, 0.15) is 5.82 Å². The van der Waals surface area contributed by atoms with Crippen molar-refractivity contribution in [3.63, 3.8) is 0 Å². The van der Waals surface area contributed by atoms with E-state index in [2.05, 4.69) is 20.5 Å². The fourth-order valence-electron chi connectivity index (χ4n) is 2.58. The molecule has 1 aliphatic rings. The van der Waals surface area contributed by atoms with E-state index in [-0.39, 0.29) is 11.5 Å². The van der Waals surface area contributed by atoms with E-state index in [1.54, 1.807) is 18.2 Å². The second-order valence-electron chi connectivity index (χ2n) is 5.45. The zero-order chi connectivity index (χ0) is 17.9. The van der Waals surface area contributed by atoms with Gasteiger partial charge in [0.1, 0.15) is 0 Å². The van der Waals surface area contributed by atoms with Gasteiger partial charge in [0.15, 0.2) is 11.0 Å². The monoisotopic (exact) mass is 363 g/mol. The minimum atomic E-state index is -0.181. The molecule has 1 N–H and O–H groups in total. The molecule has 2 aromatic carbocycles. The number of carbonyl (C=O) groups excluding carboxylic acids is 1. The molecule has 128 valence electrons. The zero-order valence-corrected chi connectivity index (χ0v) is 14.3. The fraction of sp³-hybridized carbons (Fsp3) is 0.0556. The van der Waals surface area contributed by atoms with Gasteiger partial charge in [0, 0.05) is 0 Å². The summed E-state index contributed by atoms with van der Waals surface area (Å²) in [5.74, 6) is 0.588. The lowest BCUT2D eigenvalue weighted by molar-refractivity contribution is -0.116. The van der Waals surface area contributed by atoms with Gasteiger partial charge in [0.25, 0.3) is 5.56 Å². The minimum Gasteiger partial charge on any atom is -0.303 e. The SMILES string of the molecule is O=C1CS/C(=N/N=C/c2nc3ccccc3c(=O)n2-c2ccccc2)N1. The molecule has 0 unspecified atom stereocenters. The molecule has 0 spiro atoms. The van der Waals surface area contributed by atoms with Crippen LogP contribution in [0.4, 0.5) is 0 Å². The first-order chi connectivity index (χ1) is 12.7. The van der Waals surface area contributed by atoms with Gasteiger partial charge in [-0.2, -0.15) is 5.10 Å². The molecule has 26 heavy (non-hydrogen) atoms. The summed E-state index contributed by atoms with van der Waals surface area (Å²) < 4.78 is 1.49. The molecule has 0 atom stereocenters. The molecule has 0 radical (unpaired) electrons. The van der Waals surface area contributed by atoms with Crippen molar-refractivity contribution in [3.8, 4) is 5.69 Å². The van der Waals surface area contributed by atoms with Crippen LogP contribution in [0.15, 0.2) is 69.6 Å². The molecule has 4 rings (SSSR count). The Balaban J connectivity index is 1.84. The number of amides is 1. The Bertz CT molecular complexity index is 1110. The molecular weight excluding hydrogens is 350 g/mol. The molecule has 1 aromatic heterocycles. The van der Waals surface area contributed by atoms with Gasteiger partial charge in [-0.05, 0) is 24.3 Å². The Labute approximate surface area is 152 Å². The minimum absolute atomic E-state index is 0.103. The summed E-state index contributed by atoms with van der Waals surface area (Å²) in [6.45, 7) is 0. The van der Waals surface area contributed by atoms with Gasteiger partial charge in [0.2, 0.25) is 5.91 Å². The maximum Gasteiger partial charge on any atom is 0.266 e. The van der Waals surface area contributed by atoms with E-state index in [1.807, 2.05) is 36.4 Å². The van der Waals surface area contributed by atoms with Gasteiger partial charge in [-0.3, -0.25) is 14.2 Å². The number of hydrogen-bond donors (Lipinski definition) is 1. The standard InChI is InChI=1S/C18H13N5O2S/c24-16-11-26-18(21-16)22-19-10-15-20-14-9-5-4-8-13(14)17(25)23(15)12-6-2-1-3-7-12/h1-10H,11H2,(H,21,22,24)/b19-10+. The van der Waals surface area contributed by atoms with Crippen molar-refractivity contribution in [2.45, 2.75) is 0 Å². The lowest BCUT2D eigenvalue weighted by atomic mass is 10.2. The van der Waals surface area contributed by atoms with Gasteiger partial charge in [0.05, 0.1) is 28.6 Å². The van der Waals surface area contributed by atoms with Gasteiger partial charge >= 0.3 is 0 Å². The molecule has 1 fully saturated rings. The third-order valence-electron chi connectivity index (χ3n) is 3.72. The van der Waals surface area contributed by atoms with Gasteiger partial charge in [-0.15, -0.1) is 5.10 Å². The molecule has 3 aromatic rings. The summed E-state index contributed by atoms with van der Waals surface area (Å²) in [6.07, 6.45) is 1.42. The maximum atomic E-state index is 13.0. The Kier molecular flexibility index (Phi) is 4.32. The normalized spacial score (nSPS) is 15.8. The molecule has 0 aliphatic carbocycles. The topological polar surface area (TPSA) is 88.7 Å². The average molecular weight is 363 g/mol. The number of amidine groups is 1. The van der Waals surface area contributed by atoms with Crippen LogP contribution in [-0.4, -0.2) is 32.6 Å². The van der Waals surface area contributed by atoms with Crippen molar-refractivity contribution in [3.05, 3.63) is 70.8 Å². The van der Waals surface area contributed by atoms with Crippen LogP contribution < -0.4 is 10.9 Å². The number of hydrogen-bond acceptors (Lipinski definition) is 6. The van der Waals surface area contributed by atoms with E-state index >= 15 is 0 Å². The summed E-state index contributed by atoms with van der Waals surface area (Å²) >= 11 is 1.28. The first-order valence-electron chi connectivity index (χ1n) is 7.83. The molecule has 0 saturated carbocycles. The first kappa shape index (κ1) is 16.2. The van der Waals surface area contributed by atoms with Crippen LogP contribution >= 0.6 is 11.8 Å². The van der Waals surface area contributed by atoms with Crippen molar-refractivity contribution < 1.29 is 4.79 Å². The second kappa shape index (κ2) is 6.93. The highest BCUT2D eigenvalue weighted by molar-refractivity contribution is 8.15. The van der Waals surface area contributed by atoms with Gasteiger partial charge in [-0.25, -0.2) is 4.98 Å². The van der Waals surface area contributed by atoms with Crippen molar-refractivity contribution >= 4 is 40.0 Å². The quantitative estimate of drug-likeness (QED) is 0.569. The van der Waals surface area contributed by atoms with Crippen LogP contribution in [0.25, 0.3) is 16.6 Å². The summed E-state index contributed by atoms with van der Waals surface area (Å²) in [4.78, 5) is 28.7. The Morgan fingerprint density at radius 2 is 1.85 bits per heavy atom. The van der Waals surface area contributed by atoms with Gasteiger partial charge < -0.3 is 5.32 Å². The number of para-hydroxylation sites is 2. The molecule has 2 heterocycles. The third kappa shape index (κ3) is 3.14. The van der Waals surface area contributed by atoms with Crippen LogP contribution in [0.5, 0.6) is 0 Å². The number of nitrogens with one attached hydrogen (secondary N) is 1. The molecule has 0 bridgehead atoms. The smallest absolute Gasteiger partial charge is 0.266 e. The molecular formula is C18H13N5O2S. The molecule has 1 amide bonds. The highest BCUT2D eigenvalue weighted by Crippen LogP contribution is 2.12. The van der Waals surface area contributed by atoms with Crippen molar-refractivity contribution in [1.29, 1.82) is 0 Å². The summed E-state index contributed by atoms with van der Waals surface area (Å²) in [5, 5.41) is 11.5. The summed E-state index contributed by atoms with van der Waals surface area (Å²) in [7, 11) is 0. The highest BCUT2D eigenvalue weighted by Gasteiger charge is 2.16. The van der Waals surface area contributed by atoms with E-state index in [0.717, 1.165) is 0 Å². The fourth-order valence-corrected chi connectivity index (χ4v) is 3.21. The second-order valence-corrected chi connectivity index (χ2v) is 6.41. The summed E-state index contributed by atoms with van der Waals surface area (Å²) in [6, 6.07) is 16.4. The van der Waals surface area contributed by atoms with Crippen LogP contribution in [0.3, 0.4) is 0 Å². The van der Waals surface area contributed by atoms with E-state index < -0.39 is 0 Å². The van der Waals surface area contributed by atoms with Crippen molar-refractivity contribution in [2.24, 2.45) is 10.2 Å². The lowest BCUT2D eigenvalue weighted by Gasteiger charge is -2.10. The number of rotatable bonds is 3. The Hall–Kier alpha value is -3.26. The predicted octanol–water partition coefficient (Wildman–Crippen LogP) is 1.94. The maximum absolute atomic E-state index is 13.0. The van der Waals surface area contributed by atoms with E-state index in [4.69, 9.17) is 0 Å². The number of carbonyl (C=O) groups is 1. The zero-order valence-electron chi connectivity index (χ0n) is 13.5. The van der Waals surface area contributed by atoms with Crippen molar-refractivity contribution in [1.82, 2.24) is 14.9 Å². The van der Waals surface area contributed by atoms with E-state index in [9.17, 15) is 9.59 Å². The third-order valence-corrected chi connectivity index (χ3v) is 4.59. The highest BCUT2D eigenvalue weighted by atomic mass is 32.2. The molecule has 7 nitrogen and oxygen atoms in total. The number of thioether (sulfide) groups is 1. The van der Waals surface area contributed by atoms with Crippen LogP contribution in [0.2, 0.25) is 0 Å². The average Bonchev–Trinajstić information content (AvgIpc) is 3.08. The van der Waals surface area contributed by atoms with E-state index in [0.29, 0.717) is 33.3 Å². The van der Waals surface area contributed by atoms with E-state index in [1.165, 1.54) is 22.5 Å². The van der Waals surface area contributed by atoms with Crippen molar-refractivity contribution in [2.75, 3.05) is 5.75 Å². The number of nitrogens with zero attached hydrogens (tertiary/aromatic N) is 4. The lowest BCUT2D eigenvalue weighted by Crippen LogP contribution is -2.23. The molecule has 1 saturated heterocycles. The largest absolute Gasteiger partial charge is 0.303 e. The predicted molar refractivity (Wildman–Crippen MR) is 103 cm³/mol. The first-order valence-corrected chi connectivity index (χ1v) is 8.82. The molecule has 8 heteroatoms. The Morgan fingerprint density at radius 1 is 1.08 bits per heavy atom. The number of fused-ring (bicyclic) bond motifs is 1. The number of benzene rings is 2. The molecule has 1 aliphatic heterocycles. The Morgan fingerprint density at radius 3 is 2.62 bits per heavy atom. The van der Waals surface area contributed by atoms with Gasteiger partial charge in [-0.1, -0.05) is 42.1 Å². The number of aromatic nitrogens is 2.